The second kappa shape index (κ2) is 5.31. The summed E-state index contributed by atoms with van der Waals surface area (Å²) in [6.07, 6.45) is 2.11. The maximum absolute atomic E-state index is 11.4. The molecule has 0 bridgehead atoms. The number of methoxy groups -OCH3 is 1. The van der Waals surface area contributed by atoms with Crippen LogP contribution in [0.1, 0.15) is 16.1 Å². The summed E-state index contributed by atoms with van der Waals surface area (Å²) in [4.78, 5) is 16.4. The fourth-order valence-electron chi connectivity index (χ4n) is 2.91. The van der Waals surface area contributed by atoms with Crippen LogP contribution in [-0.4, -0.2) is 28.0 Å². The normalized spacial score (nSPS) is 11.2. The van der Waals surface area contributed by atoms with Gasteiger partial charge in [-0.2, -0.15) is 5.10 Å². The van der Waals surface area contributed by atoms with Crippen LogP contribution in [0.25, 0.3) is 26.0 Å². The Balaban J connectivity index is 2.05. The van der Waals surface area contributed by atoms with E-state index in [1.807, 2.05) is 13.0 Å². The largest absolute Gasteiger partial charge is 0.495 e. The van der Waals surface area contributed by atoms with Crippen molar-refractivity contribution in [1.82, 2.24) is 14.6 Å². The summed E-state index contributed by atoms with van der Waals surface area (Å²) in [7, 11) is 1.66. The van der Waals surface area contributed by atoms with Crippen LogP contribution in [-0.2, 0) is 0 Å². The van der Waals surface area contributed by atoms with Crippen LogP contribution in [0, 0.1) is 6.92 Å². The number of benzene rings is 1. The summed E-state index contributed by atoms with van der Waals surface area (Å²) in [5.74, 6) is 1.18. The molecule has 0 aliphatic heterocycles. The van der Waals surface area contributed by atoms with E-state index in [4.69, 9.17) is 10.5 Å². The first-order valence-corrected chi connectivity index (χ1v) is 8.10. The second-order valence-electron chi connectivity index (χ2n) is 5.50. The standard InChI is InChI=1S/C17H14N4O2S/c1-9-3-10-5-14(24-16(10)13(4-9)23-2)12-6-11(7-22)21-15(12)17(18)19-8-20-21/h3-8H,1-2H3,(H2,18,19,20). The fourth-order valence-corrected chi connectivity index (χ4v) is 4.06. The molecular formula is C17H14N4O2S. The Morgan fingerprint density at radius 2 is 2.12 bits per heavy atom. The number of aryl methyl sites for hydroxylation is 1. The molecular weight excluding hydrogens is 324 g/mol. The fraction of sp³-hybridized carbons (Fsp3) is 0.118. The van der Waals surface area contributed by atoms with Crippen LogP contribution in [0.4, 0.5) is 5.82 Å². The number of rotatable bonds is 3. The van der Waals surface area contributed by atoms with Crippen LogP contribution >= 0.6 is 11.3 Å². The lowest BCUT2D eigenvalue weighted by atomic mass is 10.1. The molecule has 0 radical (unpaired) electrons. The SMILES string of the molecule is COc1cc(C)cc2cc(-c3cc(C=O)n4ncnc(N)c34)sc12. The molecule has 7 heteroatoms. The Kier molecular flexibility index (Phi) is 3.24. The van der Waals surface area contributed by atoms with Gasteiger partial charge in [0.1, 0.15) is 23.3 Å². The molecule has 1 aromatic carbocycles. The van der Waals surface area contributed by atoms with Crippen molar-refractivity contribution in [3.8, 4) is 16.2 Å². The van der Waals surface area contributed by atoms with Gasteiger partial charge < -0.3 is 10.5 Å². The molecule has 4 rings (SSSR count). The van der Waals surface area contributed by atoms with Crippen molar-refractivity contribution in [3.05, 3.63) is 41.9 Å². The zero-order valence-electron chi connectivity index (χ0n) is 13.1. The predicted octanol–water partition coefficient (Wildman–Crippen LogP) is 3.32. The highest BCUT2D eigenvalue weighted by atomic mass is 32.1. The maximum Gasteiger partial charge on any atom is 0.168 e. The second-order valence-corrected chi connectivity index (χ2v) is 6.55. The molecule has 3 heterocycles. The van der Waals surface area contributed by atoms with E-state index in [9.17, 15) is 4.79 Å². The molecule has 4 aromatic rings. The van der Waals surface area contributed by atoms with Crippen molar-refractivity contribution in [2.24, 2.45) is 0 Å². The molecule has 0 unspecified atom stereocenters. The lowest BCUT2D eigenvalue weighted by molar-refractivity contribution is 0.111. The predicted molar refractivity (Wildman–Crippen MR) is 94.9 cm³/mol. The van der Waals surface area contributed by atoms with E-state index in [1.165, 1.54) is 10.8 Å². The first-order valence-electron chi connectivity index (χ1n) is 7.28. The molecule has 0 aliphatic rings. The number of hydrogen-bond donors (Lipinski definition) is 1. The highest BCUT2D eigenvalue weighted by Gasteiger charge is 2.17. The molecule has 2 N–H and O–H groups in total. The number of carbonyl (C=O) groups excluding carboxylic acids is 1. The van der Waals surface area contributed by atoms with Gasteiger partial charge in [-0.05, 0) is 36.1 Å². The molecule has 0 saturated carbocycles. The van der Waals surface area contributed by atoms with Crippen molar-refractivity contribution >= 4 is 39.0 Å². The van der Waals surface area contributed by atoms with Gasteiger partial charge in [0.05, 0.1) is 11.8 Å². The third kappa shape index (κ3) is 2.05. The lowest BCUT2D eigenvalue weighted by Gasteiger charge is -2.02. The zero-order valence-corrected chi connectivity index (χ0v) is 13.9. The number of nitrogens with two attached hydrogens (primary N) is 1. The highest BCUT2D eigenvalue weighted by Crippen LogP contribution is 2.41. The molecule has 0 spiro atoms. The summed E-state index contributed by atoms with van der Waals surface area (Å²) in [6, 6.07) is 7.98. The van der Waals surface area contributed by atoms with Gasteiger partial charge in [0.25, 0.3) is 0 Å². The molecule has 0 amide bonds. The van der Waals surface area contributed by atoms with Crippen LogP contribution in [0.15, 0.2) is 30.6 Å². The average Bonchev–Trinajstić information content (AvgIpc) is 3.15. The van der Waals surface area contributed by atoms with E-state index >= 15 is 0 Å². The number of carbonyl (C=O) groups is 1. The first-order chi connectivity index (χ1) is 11.6. The van der Waals surface area contributed by atoms with E-state index in [-0.39, 0.29) is 0 Å². The summed E-state index contributed by atoms with van der Waals surface area (Å²) < 4.78 is 8.08. The Morgan fingerprint density at radius 1 is 1.29 bits per heavy atom. The van der Waals surface area contributed by atoms with E-state index in [2.05, 4.69) is 22.2 Å². The van der Waals surface area contributed by atoms with Gasteiger partial charge in [-0.25, -0.2) is 9.50 Å². The molecule has 120 valence electrons. The Hall–Kier alpha value is -2.93. The van der Waals surface area contributed by atoms with Crippen LogP contribution in [0.5, 0.6) is 5.75 Å². The molecule has 24 heavy (non-hydrogen) atoms. The minimum Gasteiger partial charge on any atom is -0.495 e. The first kappa shape index (κ1) is 14.6. The van der Waals surface area contributed by atoms with Crippen LogP contribution in [0.3, 0.4) is 0 Å². The van der Waals surface area contributed by atoms with Gasteiger partial charge in [-0.15, -0.1) is 11.3 Å². The Bertz CT molecular complexity index is 1100. The van der Waals surface area contributed by atoms with Crippen molar-refractivity contribution in [2.45, 2.75) is 6.92 Å². The number of hydrogen-bond acceptors (Lipinski definition) is 6. The lowest BCUT2D eigenvalue weighted by Crippen LogP contribution is -2.01. The molecule has 0 saturated heterocycles. The topological polar surface area (TPSA) is 82.5 Å². The smallest absolute Gasteiger partial charge is 0.168 e. The highest BCUT2D eigenvalue weighted by molar-refractivity contribution is 7.22. The van der Waals surface area contributed by atoms with E-state index < -0.39 is 0 Å². The average molecular weight is 338 g/mol. The van der Waals surface area contributed by atoms with Gasteiger partial charge in [-0.1, -0.05) is 6.07 Å². The van der Waals surface area contributed by atoms with Crippen molar-refractivity contribution in [3.63, 3.8) is 0 Å². The number of anilines is 1. The number of nitrogens with zero attached hydrogens (tertiary/aromatic N) is 3. The van der Waals surface area contributed by atoms with E-state index in [0.29, 0.717) is 17.0 Å². The Labute approximate surface area is 141 Å². The molecule has 3 aromatic heterocycles. The van der Waals surface area contributed by atoms with Gasteiger partial charge in [0.15, 0.2) is 12.1 Å². The van der Waals surface area contributed by atoms with Crippen molar-refractivity contribution < 1.29 is 9.53 Å². The third-order valence-electron chi connectivity index (χ3n) is 3.94. The number of thiophene rings is 1. The molecule has 0 fully saturated rings. The Morgan fingerprint density at radius 3 is 2.88 bits per heavy atom. The van der Waals surface area contributed by atoms with Crippen molar-refractivity contribution in [2.75, 3.05) is 12.8 Å². The van der Waals surface area contributed by atoms with Crippen molar-refractivity contribution in [1.29, 1.82) is 0 Å². The summed E-state index contributed by atoms with van der Waals surface area (Å²) in [6.45, 7) is 2.03. The number of aldehydes is 1. The zero-order chi connectivity index (χ0) is 16.8. The minimum absolute atomic E-state index is 0.341. The monoisotopic (exact) mass is 338 g/mol. The van der Waals surface area contributed by atoms with Crippen LogP contribution < -0.4 is 10.5 Å². The van der Waals surface area contributed by atoms with Crippen LogP contribution in [0.2, 0.25) is 0 Å². The quantitative estimate of drug-likeness (QED) is 0.579. The summed E-state index contributed by atoms with van der Waals surface area (Å²) in [5, 5.41) is 5.23. The van der Waals surface area contributed by atoms with Gasteiger partial charge in [0, 0.05) is 10.4 Å². The van der Waals surface area contributed by atoms with E-state index in [0.717, 1.165) is 38.1 Å². The summed E-state index contributed by atoms with van der Waals surface area (Å²) >= 11 is 1.59. The molecule has 6 nitrogen and oxygen atoms in total. The third-order valence-corrected chi connectivity index (χ3v) is 5.14. The number of fused-ring (bicyclic) bond motifs is 2. The van der Waals surface area contributed by atoms with Gasteiger partial charge in [-0.3, -0.25) is 4.79 Å². The number of nitrogen functional groups attached to an aromatic ring is 1. The minimum atomic E-state index is 0.341. The van der Waals surface area contributed by atoms with Gasteiger partial charge in [0.2, 0.25) is 0 Å². The van der Waals surface area contributed by atoms with Gasteiger partial charge >= 0.3 is 0 Å². The molecule has 0 aliphatic carbocycles. The number of ether oxygens (including phenoxy) is 1. The summed E-state index contributed by atoms with van der Waals surface area (Å²) in [5.41, 5.74) is 9.08. The van der Waals surface area contributed by atoms with E-state index in [1.54, 1.807) is 24.5 Å². The molecule has 0 atom stereocenters. The maximum atomic E-state index is 11.4. The number of aromatic nitrogens is 3.